The van der Waals surface area contributed by atoms with Crippen molar-refractivity contribution in [2.45, 2.75) is 265 Å². The molecular weight excluding hydrogens is 641 g/mol. The minimum absolute atomic E-state index is 0.123. The first-order valence-corrected chi connectivity index (χ1v) is 23.6. The predicted molar refractivity (Wildman–Crippen MR) is 227 cm³/mol. The van der Waals surface area contributed by atoms with Crippen LogP contribution in [0.5, 0.6) is 0 Å². The number of rotatable bonds is 43. The molecule has 0 radical (unpaired) electrons. The zero-order chi connectivity index (χ0) is 37.8. The first-order valence-electron chi connectivity index (χ1n) is 23.6. The number of allylic oxidation sites excluding steroid dienone is 2. The molecule has 0 aliphatic rings. The Kier molecular flexibility index (Phi) is 43.0. The summed E-state index contributed by atoms with van der Waals surface area (Å²) in [5.41, 5.74) is 0. The van der Waals surface area contributed by atoms with Crippen LogP contribution >= 0.6 is 0 Å². The molecule has 4 nitrogen and oxygen atoms in total. The number of hydrogen-bond acceptors (Lipinski definition) is 4. The van der Waals surface area contributed by atoms with Gasteiger partial charge < -0.3 is 9.47 Å². The molecule has 0 spiro atoms. The Hall–Kier alpha value is -1.32. The summed E-state index contributed by atoms with van der Waals surface area (Å²) >= 11 is 0. The summed E-state index contributed by atoms with van der Waals surface area (Å²) in [6.45, 7) is 7.74. The molecule has 0 N–H and O–H groups in total. The van der Waals surface area contributed by atoms with E-state index in [-0.39, 0.29) is 18.4 Å². The van der Waals surface area contributed by atoms with Gasteiger partial charge in [0.1, 0.15) is 0 Å². The molecule has 0 bridgehead atoms. The zero-order valence-electron chi connectivity index (χ0n) is 35.6. The molecule has 0 aromatic heterocycles. The van der Waals surface area contributed by atoms with Gasteiger partial charge in [-0.2, -0.15) is 0 Å². The fourth-order valence-corrected chi connectivity index (χ4v) is 7.19. The number of esters is 2. The van der Waals surface area contributed by atoms with Crippen molar-refractivity contribution in [3.05, 3.63) is 12.2 Å². The molecule has 0 rings (SSSR count). The first-order chi connectivity index (χ1) is 25.7. The van der Waals surface area contributed by atoms with E-state index in [4.69, 9.17) is 9.47 Å². The SMILES string of the molecule is CCCCCCCCCCCCCCCCC/C=C/CC(CC(=O)OCCCCCCCCCCCC)C(=O)OCCCCCCCCCCCC. The summed E-state index contributed by atoms with van der Waals surface area (Å²) in [5.74, 6) is -0.934. The summed E-state index contributed by atoms with van der Waals surface area (Å²) < 4.78 is 11.3. The molecule has 0 saturated heterocycles. The lowest BCUT2D eigenvalue weighted by molar-refractivity contribution is -0.155. The van der Waals surface area contributed by atoms with Crippen molar-refractivity contribution in [3.63, 3.8) is 0 Å². The molecule has 308 valence electrons. The lowest BCUT2D eigenvalue weighted by Gasteiger charge is -2.14. The van der Waals surface area contributed by atoms with Gasteiger partial charge in [0.25, 0.3) is 0 Å². The van der Waals surface area contributed by atoms with E-state index in [9.17, 15) is 9.59 Å². The second-order valence-corrected chi connectivity index (χ2v) is 16.1. The maximum atomic E-state index is 13.0. The fraction of sp³-hybridized carbons (Fsp3) is 0.917. The standard InChI is InChI=1S/C48H92O4/c1-4-7-10-13-16-19-22-23-24-25-26-27-28-29-30-33-36-39-42-46(48(50)52-44-41-38-35-32-21-18-15-12-9-6-3)45-47(49)51-43-40-37-34-31-20-17-14-11-8-5-2/h36,39,46H,4-35,37-38,40-45H2,1-3H3/b39-36+. The lowest BCUT2D eigenvalue weighted by atomic mass is 10.0. The van der Waals surface area contributed by atoms with Crippen molar-refractivity contribution < 1.29 is 19.1 Å². The Morgan fingerprint density at radius 3 is 1.06 bits per heavy atom. The number of unbranched alkanes of at least 4 members (excludes halogenated alkanes) is 33. The largest absolute Gasteiger partial charge is 0.466 e. The monoisotopic (exact) mass is 733 g/mol. The van der Waals surface area contributed by atoms with Crippen molar-refractivity contribution in [1.82, 2.24) is 0 Å². The third-order valence-corrected chi connectivity index (χ3v) is 10.8. The van der Waals surface area contributed by atoms with Gasteiger partial charge in [0.2, 0.25) is 0 Å². The highest BCUT2D eigenvalue weighted by molar-refractivity contribution is 5.80. The van der Waals surface area contributed by atoms with Crippen LogP contribution in [0.4, 0.5) is 0 Å². The van der Waals surface area contributed by atoms with E-state index in [2.05, 4.69) is 32.9 Å². The van der Waals surface area contributed by atoms with Crippen molar-refractivity contribution in [1.29, 1.82) is 0 Å². The van der Waals surface area contributed by atoms with E-state index < -0.39 is 5.92 Å². The number of carbonyl (C=O) groups is 2. The highest BCUT2D eigenvalue weighted by atomic mass is 16.5. The van der Waals surface area contributed by atoms with Gasteiger partial charge in [-0.1, -0.05) is 238 Å². The van der Waals surface area contributed by atoms with Gasteiger partial charge in [-0.05, 0) is 32.1 Å². The molecule has 0 aliphatic carbocycles. The van der Waals surface area contributed by atoms with E-state index in [0.29, 0.717) is 19.6 Å². The molecule has 0 saturated carbocycles. The molecule has 0 heterocycles. The Morgan fingerprint density at radius 1 is 0.385 bits per heavy atom. The van der Waals surface area contributed by atoms with Gasteiger partial charge in [0.15, 0.2) is 0 Å². The summed E-state index contributed by atoms with van der Waals surface area (Å²) in [6.07, 6.45) is 51.8. The maximum absolute atomic E-state index is 13.0. The molecular formula is C48H92O4. The van der Waals surface area contributed by atoms with Gasteiger partial charge in [0.05, 0.1) is 25.6 Å². The highest BCUT2D eigenvalue weighted by Gasteiger charge is 2.23. The van der Waals surface area contributed by atoms with Crippen molar-refractivity contribution >= 4 is 11.9 Å². The van der Waals surface area contributed by atoms with Crippen LogP contribution in [-0.2, 0) is 19.1 Å². The van der Waals surface area contributed by atoms with Crippen LogP contribution in [0.15, 0.2) is 12.2 Å². The molecule has 4 heteroatoms. The zero-order valence-corrected chi connectivity index (χ0v) is 35.6. The van der Waals surface area contributed by atoms with Gasteiger partial charge in [-0.15, -0.1) is 0 Å². The second-order valence-electron chi connectivity index (χ2n) is 16.1. The summed E-state index contributed by atoms with van der Waals surface area (Å²) in [5, 5.41) is 0. The molecule has 52 heavy (non-hydrogen) atoms. The molecule has 1 unspecified atom stereocenters. The number of carbonyl (C=O) groups excluding carboxylic acids is 2. The molecule has 0 amide bonds. The van der Waals surface area contributed by atoms with Crippen LogP contribution in [0, 0.1) is 5.92 Å². The summed E-state index contributed by atoms with van der Waals surface area (Å²) in [6, 6.07) is 0. The van der Waals surface area contributed by atoms with Crippen LogP contribution in [0.2, 0.25) is 0 Å². The van der Waals surface area contributed by atoms with Crippen molar-refractivity contribution in [3.8, 4) is 0 Å². The highest BCUT2D eigenvalue weighted by Crippen LogP contribution is 2.18. The average molecular weight is 733 g/mol. The third-order valence-electron chi connectivity index (χ3n) is 10.8. The van der Waals surface area contributed by atoms with E-state index >= 15 is 0 Å². The van der Waals surface area contributed by atoms with Gasteiger partial charge in [-0.25, -0.2) is 0 Å². The van der Waals surface area contributed by atoms with Crippen LogP contribution < -0.4 is 0 Å². The van der Waals surface area contributed by atoms with Crippen LogP contribution in [-0.4, -0.2) is 25.2 Å². The molecule has 1 atom stereocenters. The summed E-state index contributed by atoms with van der Waals surface area (Å²) in [7, 11) is 0. The smallest absolute Gasteiger partial charge is 0.309 e. The average Bonchev–Trinajstić information content (AvgIpc) is 3.14. The lowest BCUT2D eigenvalue weighted by Crippen LogP contribution is -2.22. The number of hydrogen-bond donors (Lipinski definition) is 0. The quantitative estimate of drug-likeness (QED) is 0.0356. The predicted octanol–water partition coefficient (Wildman–Crippen LogP) is 16.1. The minimum Gasteiger partial charge on any atom is -0.466 e. The molecule has 0 aromatic carbocycles. The Bertz CT molecular complexity index is 747. The Balaban J connectivity index is 4.24. The normalized spacial score (nSPS) is 12.1. The number of ether oxygens (including phenoxy) is 2. The van der Waals surface area contributed by atoms with Crippen molar-refractivity contribution in [2.24, 2.45) is 5.92 Å². The van der Waals surface area contributed by atoms with Gasteiger partial charge >= 0.3 is 11.9 Å². The van der Waals surface area contributed by atoms with Crippen LogP contribution in [0.25, 0.3) is 0 Å². The summed E-state index contributed by atoms with van der Waals surface area (Å²) in [4.78, 5) is 25.8. The topological polar surface area (TPSA) is 52.6 Å². The van der Waals surface area contributed by atoms with E-state index in [1.54, 1.807) is 0 Å². The van der Waals surface area contributed by atoms with Crippen LogP contribution in [0.1, 0.15) is 265 Å². The Morgan fingerprint density at radius 2 is 0.692 bits per heavy atom. The van der Waals surface area contributed by atoms with Gasteiger partial charge in [-0.3, -0.25) is 9.59 Å². The van der Waals surface area contributed by atoms with E-state index in [0.717, 1.165) is 32.1 Å². The molecule has 0 aromatic rings. The van der Waals surface area contributed by atoms with Crippen LogP contribution in [0.3, 0.4) is 0 Å². The maximum Gasteiger partial charge on any atom is 0.309 e. The first kappa shape index (κ1) is 50.7. The molecule has 0 fully saturated rings. The van der Waals surface area contributed by atoms with E-state index in [1.165, 1.54) is 199 Å². The molecule has 0 aliphatic heterocycles. The van der Waals surface area contributed by atoms with Crippen molar-refractivity contribution in [2.75, 3.05) is 13.2 Å². The Labute approximate surface area is 326 Å². The fourth-order valence-electron chi connectivity index (χ4n) is 7.19. The minimum atomic E-state index is -0.444. The second kappa shape index (κ2) is 44.1. The van der Waals surface area contributed by atoms with Gasteiger partial charge in [0, 0.05) is 0 Å². The van der Waals surface area contributed by atoms with E-state index in [1.807, 2.05) is 0 Å². The third kappa shape index (κ3) is 39.9.